The highest BCUT2D eigenvalue weighted by molar-refractivity contribution is 8.00. The minimum Gasteiger partial charge on any atom is -0.322 e. The van der Waals surface area contributed by atoms with Crippen molar-refractivity contribution in [2.45, 2.75) is 4.90 Å². The zero-order chi connectivity index (χ0) is 23.2. The van der Waals surface area contributed by atoms with Gasteiger partial charge in [-0.2, -0.15) is 0 Å². The molecule has 0 aliphatic carbocycles. The Balaban J connectivity index is 1.28. The molecule has 0 atom stereocenters. The van der Waals surface area contributed by atoms with E-state index in [0.717, 1.165) is 16.2 Å². The molecular weight excluding hydrogens is 497 g/mol. The molecule has 0 fully saturated rings. The lowest BCUT2D eigenvalue weighted by molar-refractivity contribution is -0.113. The van der Waals surface area contributed by atoms with E-state index in [1.807, 2.05) is 35.7 Å². The van der Waals surface area contributed by atoms with Crippen LogP contribution in [0.25, 0.3) is 11.3 Å². The summed E-state index contributed by atoms with van der Waals surface area (Å²) in [5, 5.41) is 9.15. The number of thioether (sulfide) groups is 1. The van der Waals surface area contributed by atoms with Crippen molar-refractivity contribution in [1.29, 1.82) is 0 Å². The Hall–Kier alpha value is -2.84. The number of carbonyl (C=O) groups is 2. The molecule has 1 heterocycles. The molecule has 4 rings (SSSR count). The van der Waals surface area contributed by atoms with Crippen LogP contribution in [-0.2, 0) is 4.79 Å². The summed E-state index contributed by atoms with van der Waals surface area (Å²) in [5.41, 5.74) is 2.69. The highest BCUT2D eigenvalue weighted by Gasteiger charge is 2.11. The van der Waals surface area contributed by atoms with Crippen LogP contribution in [0.15, 0.2) is 83.1 Å². The van der Waals surface area contributed by atoms with Crippen LogP contribution >= 0.6 is 46.3 Å². The minimum atomic E-state index is -0.239. The molecule has 9 heteroatoms. The van der Waals surface area contributed by atoms with E-state index in [1.54, 1.807) is 42.5 Å². The van der Waals surface area contributed by atoms with Gasteiger partial charge in [0.2, 0.25) is 5.91 Å². The van der Waals surface area contributed by atoms with Crippen LogP contribution in [0.2, 0.25) is 10.0 Å². The summed E-state index contributed by atoms with van der Waals surface area (Å²) in [4.78, 5) is 30.0. The molecule has 0 spiro atoms. The first-order valence-electron chi connectivity index (χ1n) is 9.78. The van der Waals surface area contributed by atoms with E-state index >= 15 is 0 Å². The summed E-state index contributed by atoms with van der Waals surface area (Å²) >= 11 is 14.9. The number of benzene rings is 3. The molecule has 1 aromatic heterocycles. The van der Waals surface area contributed by atoms with E-state index in [4.69, 9.17) is 23.2 Å². The van der Waals surface area contributed by atoms with Crippen LogP contribution < -0.4 is 10.6 Å². The van der Waals surface area contributed by atoms with Gasteiger partial charge in [-0.25, -0.2) is 4.98 Å². The molecule has 5 nitrogen and oxygen atoms in total. The second-order valence-electron chi connectivity index (χ2n) is 6.84. The van der Waals surface area contributed by atoms with Gasteiger partial charge in [-0.05, 0) is 48.5 Å². The molecule has 0 aliphatic heterocycles. The van der Waals surface area contributed by atoms with Crippen LogP contribution in [-0.4, -0.2) is 22.6 Å². The highest BCUT2D eigenvalue weighted by Crippen LogP contribution is 2.30. The molecule has 0 bridgehead atoms. The number of nitrogens with zero attached hydrogens (tertiary/aromatic N) is 1. The highest BCUT2D eigenvalue weighted by atomic mass is 35.5. The van der Waals surface area contributed by atoms with Gasteiger partial charge in [-0.1, -0.05) is 47.5 Å². The molecule has 0 saturated heterocycles. The second kappa shape index (κ2) is 10.9. The Morgan fingerprint density at radius 2 is 1.73 bits per heavy atom. The molecule has 0 unspecified atom stereocenters. The number of hydrogen-bond donors (Lipinski definition) is 2. The van der Waals surface area contributed by atoms with Crippen molar-refractivity contribution in [3.8, 4) is 11.3 Å². The Labute approximate surface area is 209 Å². The minimum absolute atomic E-state index is 0.154. The van der Waals surface area contributed by atoms with Crippen molar-refractivity contribution < 1.29 is 9.59 Å². The van der Waals surface area contributed by atoms with Crippen molar-refractivity contribution in [1.82, 2.24) is 4.98 Å². The first kappa shape index (κ1) is 23.3. The number of carbonyl (C=O) groups excluding carboxylic acids is 2. The third-order valence-corrected chi connectivity index (χ3v) is 6.80. The monoisotopic (exact) mass is 513 g/mol. The third-order valence-electron chi connectivity index (χ3n) is 4.47. The zero-order valence-electron chi connectivity index (χ0n) is 17.0. The number of hydrogen-bond acceptors (Lipinski definition) is 5. The normalized spacial score (nSPS) is 10.6. The number of amides is 2. The van der Waals surface area contributed by atoms with E-state index in [0.29, 0.717) is 26.4 Å². The summed E-state index contributed by atoms with van der Waals surface area (Å²) in [5.74, 6) is -0.162. The lowest BCUT2D eigenvalue weighted by Crippen LogP contribution is -2.13. The molecule has 166 valence electrons. The fraction of sp³-hybridized carbons (Fsp3) is 0.0417. The number of rotatable bonds is 7. The van der Waals surface area contributed by atoms with Crippen LogP contribution in [0.4, 0.5) is 10.8 Å². The van der Waals surface area contributed by atoms with Crippen LogP contribution in [0.5, 0.6) is 0 Å². The topological polar surface area (TPSA) is 71.1 Å². The van der Waals surface area contributed by atoms with Crippen molar-refractivity contribution in [2.24, 2.45) is 0 Å². The van der Waals surface area contributed by atoms with E-state index < -0.39 is 0 Å². The fourth-order valence-corrected chi connectivity index (χ4v) is 4.74. The van der Waals surface area contributed by atoms with E-state index in [9.17, 15) is 9.59 Å². The molecule has 0 aliphatic rings. The second-order valence-corrected chi connectivity index (χ2v) is 9.59. The summed E-state index contributed by atoms with van der Waals surface area (Å²) < 4.78 is 0. The largest absolute Gasteiger partial charge is 0.322 e. The number of nitrogens with one attached hydrogen (secondary N) is 2. The summed E-state index contributed by atoms with van der Waals surface area (Å²) in [6.45, 7) is 0. The number of halogens is 2. The first-order valence-corrected chi connectivity index (χ1v) is 12.4. The van der Waals surface area contributed by atoms with Crippen molar-refractivity contribution >= 4 is 68.9 Å². The molecule has 0 radical (unpaired) electrons. The van der Waals surface area contributed by atoms with Crippen LogP contribution in [0.1, 0.15) is 10.4 Å². The molecular formula is C24H17Cl2N3O2S2. The molecule has 4 aromatic rings. The van der Waals surface area contributed by atoms with Crippen LogP contribution in [0.3, 0.4) is 0 Å². The van der Waals surface area contributed by atoms with Crippen molar-refractivity contribution in [2.75, 3.05) is 16.4 Å². The maximum absolute atomic E-state index is 12.3. The molecule has 2 amide bonds. The Bertz CT molecular complexity index is 1290. The molecule has 2 N–H and O–H groups in total. The van der Waals surface area contributed by atoms with Gasteiger partial charge < -0.3 is 10.6 Å². The lowest BCUT2D eigenvalue weighted by Gasteiger charge is -2.07. The smallest absolute Gasteiger partial charge is 0.255 e. The van der Waals surface area contributed by atoms with Gasteiger partial charge in [0.25, 0.3) is 5.91 Å². The summed E-state index contributed by atoms with van der Waals surface area (Å²) in [7, 11) is 0. The Morgan fingerprint density at radius 1 is 0.939 bits per heavy atom. The van der Waals surface area contributed by atoms with Gasteiger partial charge in [-0.3, -0.25) is 9.59 Å². The number of thiazole rings is 1. The summed E-state index contributed by atoms with van der Waals surface area (Å²) in [6.07, 6.45) is 0. The maximum atomic E-state index is 12.3. The average Bonchev–Trinajstić information content (AvgIpc) is 3.27. The predicted octanol–water partition coefficient (Wildman–Crippen LogP) is 7.10. The van der Waals surface area contributed by atoms with Crippen molar-refractivity contribution in [3.05, 3.63) is 93.8 Å². The van der Waals surface area contributed by atoms with E-state index in [2.05, 4.69) is 15.6 Å². The third kappa shape index (κ3) is 6.36. The molecule has 0 saturated carbocycles. The first-order chi connectivity index (χ1) is 16.0. The van der Waals surface area contributed by atoms with E-state index in [1.165, 1.54) is 23.1 Å². The zero-order valence-corrected chi connectivity index (χ0v) is 20.2. The maximum Gasteiger partial charge on any atom is 0.255 e. The fourth-order valence-electron chi connectivity index (χ4n) is 2.90. The molecule has 3 aromatic carbocycles. The van der Waals surface area contributed by atoms with Gasteiger partial charge >= 0.3 is 0 Å². The van der Waals surface area contributed by atoms with Crippen molar-refractivity contribution in [3.63, 3.8) is 0 Å². The van der Waals surface area contributed by atoms with Gasteiger partial charge in [0.05, 0.1) is 11.4 Å². The van der Waals surface area contributed by atoms with Gasteiger partial charge in [-0.15, -0.1) is 23.1 Å². The van der Waals surface area contributed by atoms with Gasteiger partial charge in [0.1, 0.15) is 0 Å². The SMILES string of the molecule is O=C(CSc1ccc(NC(=O)c2cccc(Cl)c2)cc1)Nc1nc(-c2ccccc2Cl)cs1. The number of anilines is 2. The molecule has 33 heavy (non-hydrogen) atoms. The number of aromatic nitrogens is 1. The van der Waals surface area contributed by atoms with Crippen LogP contribution in [0, 0.1) is 0 Å². The van der Waals surface area contributed by atoms with E-state index in [-0.39, 0.29) is 17.6 Å². The van der Waals surface area contributed by atoms with Gasteiger partial charge in [0, 0.05) is 37.1 Å². The predicted molar refractivity (Wildman–Crippen MR) is 138 cm³/mol. The summed E-state index contributed by atoms with van der Waals surface area (Å²) in [6, 6.07) is 21.5. The quantitative estimate of drug-likeness (QED) is 0.258. The Kier molecular flexibility index (Phi) is 7.67. The average molecular weight is 514 g/mol. The Morgan fingerprint density at radius 3 is 2.48 bits per heavy atom. The standard InChI is InChI=1S/C24H17Cl2N3O2S2/c25-16-5-3-4-15(12-16)23(31)27-17-8-10-18(11-9-17)32-14-22(30)29-24-28-21(13-33-24)19-6-1-2-7-20(19)26/h1-13H,14H2,(H,27,31)(H,28,29,30). The van der Waals surface area contributed by atoms with Gasteiger partial charge in [0.15, 0.2) is 5.13 Å². The lowest BCUT2D eigenvalue weighted by atomic mass is 10.2.